The van der Waals surface area contributed by atoms with Gasteiger partial charge in [-0.05, 0) is 67.1 Å². The Hall–Kier alpha value is -5.05. The van der Waals surface area contributed by atoms with Crippen LogP contribution in [0.3, 0.4) is 0 Å². The summed E-state index contributed by atoms with van der Waals surface area (Å²) in [5, 5.41) is 17.9. The standard InChI is InChI=1S/C43H51N5O7S/c49-39(36-18-20-40(42-37(36)19-21-41(50)47-42)54-31-32-12-4-1-5-13-32)30-44-24-10-3-11-25-45-56(52,53)29-28-48-26-22-34(23-27-48)55-43(51)46-38-17-9-8-16-35(38)33-14-6-2-7-15-33/h1-2,4-9,12-21,34,39,44-45,49H,3,10-11,22-31H2,(H,46,51)(H,47,50)/t39-/m0/s1. The molecule has 1 amide bonds. The van der Waals surface area contributed by atoms with Gasteiger partial charge in [0.2, 0.25) is 15.6 Å². The van der Waals surface area contributed by atoms with Gasteiger partial charge in [-0.1, -0.05) is 91.3 Å². The number of pyridine rings is 1. The van der Waals surface area contributed by atoms with E-state index in [-0.39, 0.29) is 17.4 Å². The molecule has 0 bridgehead atoms. The van der Waals surface area contributed by atoms with Crippen LogP contribution in [0.15, 0.2) is 114 Å². The number of hydrogen-bond donors (Lipinski definition) is 5. The first-order valence-corrected chi connectivity index (χ1v) is 20.9. The number of rotatable bonds is 19. The molecule has 0 unspecified atom stereocenters. The lowest BCUT2D eigenvalue weighted by molar-refractivity contribution is 0.0608. The summed E-state index contributed by atoms with van der Waals surface area (Å²) >= 11 is 0. The molecule has 1 aromatic heterocycles. The van der Waals surface area contributed by atoms with Gasteiger partial charge in [-0.2, -0.15) is 0 Å². The van der Waals surface area contributed by atoms with E-state index < -0.39 is 22.2 Å². The number of nitrogens with one attached hydrogen (secondary N) is 4. The first-order valence-electron chi connectivity index (χ1n) is 19.3. The Balaban J connectivity index is 0.834. The van der Waals surface area contributed by atoms with Gasteiger partial charge in [-0.15, -0.1) is 0 Å². The number of unbranched alkanes of at least 4 members (excludes halogenated alkanes) is 2. The maximum absolute atomic E-state index is 12.7. The second-order valence-electron chi connectivity index (χ2n) is 14.0. The van der Waals surface area contributed by atoms with Gasteiger partial charge in [0.1, 0.15) is 18.5 Å². The number of fused-ring (bicyclic) bond motifs is 1. The van der Waals surface area contributed by atoms with Crippen LogP contribution in [0, 0.1) is 0 Å². The number of ether oxygens (including phenoxy) is 2. The third kappa shape index (κ3) is 12.0. The summed E-state index contributed by atoms with van der Waals surface area (Å²) in [6.45, 7) is 3.43. The number of aliphatic hydroxyl groups excluding tert-OH is 1. The van der Waals surface area contributed by atoms with E-state index in [0.29, 0.717) is 87.7 Å². The van der Waals surface area contributed by atoms with Gasteiger partial charge < -0.3 is 29.8 Å². The minimum Gasteiger partial charge on any atom is -0.487 e. The van der Waals surface area contributed by atoms with Crippen molar-refractivity contribution in [2.24, 2.45) is 0 Å². The summed E-state index contributed by atoms with van der Waals surface area (Å²) in [6.07, 6.45) is 2.10. The van der Waals surface area contributed by atoms with Crippen molar-refractivity contribution in [2.45, 2.75) is 50.9 Å². The number of amides is 1. The third-order valence-electron chi connectivity index (χ3n) is 9.91. The number of sulfonamides is 1. The Morgan fingerprint density at radius 3 is 2.36 bits per heavy atom. The number of anilines is 1. The van der Waals surface area contributed by atoms with Gasteiger partial charge in [-0.3, -0.25) is 10.1 Å². The van der Waals surface area contributed by atoms with E-state index in [1.165, 1.54) is 6.07 Å². The highest BCUT2D eigenvalue weighted by Crippen LogP contribution is 2.31. The minimum absolute atomic E-state index is 0.0113. The number of aromatic nitrogens is 1. The molecule has 56 heavy (non-hydrogen) atoms. The van der Waals surface area contributed by atoms with Crippen molar-refractivity contribution in [2.75, 3.05) is 50.3 Å². The predicted molar refractivity (Wildman–Crippen MR) is 220 cm³/mol. The van der Waals surface area contributed by atoms with E-state index in [0.717, 1.165) is 34.9 Å². The Morgan fingerprint density at radius 1 is 0.857 bits per heavy atom. The van der Waals surface area contributed by atoms with Crippen LogP contribution in [0.1, 0.15) is 49.3 Å². The van der Waals surface area contributed by atoms with Gasteiger partial charge >= 0.3 is 6.09 Å². The fourth-order valence-electron chi connectivity index (χ4n) is 6.85. The Kier molecular flexibility index (Phi) is 14.7. The topological polar surface area (TPSA) is 162 Å². The number of aromatic amines is 1. The molecule has 0 aliphatic carbocycles. The average Bonchev–Trinajstić information content (AvgIpc) is 3.21. The number of H-pyrrole nitrogens is 1. The zero-order valence-electron chi connectivity index (χ0n) is 31.5. The van der Waals surface area contributed by atoms with Crippen molar-refractivity contribution in [1.82, 2.24) is 19.9 Å². The van der Waals surface area contributed by atoms with Crippen LogP contribution in [0.25, 0.3) is 22.0 Å². The quantitative estimate of drug-likeness (QED) is 0.0615. The second kappa shape index (κ2) is 20.2. The maximum Gasteiger partial charge on any atom is 0.411 e. The van der Waals surface area contributed by atoms with E-state index in [1.54, 1.807) is 12.1 Å². The summed E-state index contributed by atoms with van der Waals surface area (Å²) in [7, 11) is -3.42. The van der Waals surface area contributed by atoms with Crippen LogP contribution in [0.4, 0.5) is 10.5 Å². The summed E-state index contributed by atoms with van der Waals surface area (Å²) in [4.78, 5) is 29.8. The van der Waals surface area contributed by atoms with Crippen LogP contribution in [0.2, 0.25) is 0 Å². The van der Waals surface area contributed by atoms with Crippen molar-refractivity contribution in [3.63, 3.8) is 0 Å². The number of aliphatic hydroxyl groups is 1. The van der Waals surface area contributed by atoms with Crippen molar-refractivity contribution < 1.29 is 27.8 Å². The molecule has 296 valence electrons. The normalized spacial score (nSPS) is 14.4. The zero-order chi connectivity index (χ0) is 39.2. The summed E-state index contributed by atoms with van der Waals surface area (Å²) in [5.74, 6) is 0.550. The molecule has 13 heteroatoms. The smallest absolute Gasteiger partial charge is 0.411 e. The molecule has 0 radical (unpaired) electrons. The number of para-hydroxylation sites is 1. The second-order valence-corrected chi connectivity index (χ2v) is 15.9. The molecular formula is C43H51N5O7S. The summed E-state index contributed by atoms with van der Waals surface area (Å²) < 4.78 is 39.8. The van der Waals surface area contributed by atoms with E-state index in [9.17, 15) is 23.1 Å². The van der Waals surface area contributed by atoms with Crippen molar-refractivity contribution >= 4 is 32.7 Å². The third-order valence-corrected chi connectivity index (χ3v) is 11.3. The largest absolute Gasteiger partial charge is 0.487 e. The van der Waals surface area contributed by atoms with Crippen LogP contribution in [-0.4, -0.2) is 80.6 Å². The average molecular weight is 782 g/mol. The zero-order valence-corrected chi connectivity index (χ0v) is 32.3. The molecule has 1 fully saturated rings. The predicted octanol–water partition coefficient (Wildman–Crippen LogP) is 6.20. The fourth-order valence-corrected chi connectivity index (χ4v) is 7.95. The van der Waals surface area contributed by atoms with Gasteiger partial charge in [0, 0.05) is 49.7 Å². The SMILES string of the molecule is O=C(Nc1ccccc1-c1ccccc1)OC1CCN(CCS(=O)(=O)NCCCCCNC[C@H](O)c2ccc(OCc3ccccc3)c3[nH]c(=O)ccc23)CC1. The molecule has 1 saturated heterocycles. The highest BCUT2D eigenvalue weighted by atomic mass is 32.2. The fraction of sp³-hybridized carbons (Fsp3) is 0.349. The number of benzene rings is 4. The molecule has 12 nitrogen and oxygen atoms in total. The summed E-state index contributed by atoms with van der Waals surface area (Å²) in [5.41, 5.74) is 4.59. The molecule has 4 aromatic carbocycles. The van der Waals surface area contributed by atoms with Gasteiger partial charge in [-0.25, -0.2) is 17.9 Å². The van der Waals surface area contributed by atoms with Crippen LogP contribution >= 0.6 is 0 Å². The molecule has 0 saturated carbocycles. The van der Waals surface area contributed by atoms with Gasteiger partial charge in [0.25, 0.3) is 0 Å². The number of piperidine rings is 1. The molecule has 6 rings (SSSR count). The minimum atomic E-state index is -3.42. The Labute approximate surface area is 328 Å². The van der Waals surface area contributed by atoms with Crippen molar-refractivity contribution in [3.8, 4) is 16.9 Å². The van der Waals surface area contributed by atoms with E-state index >= 15 is 0 Å². The lowest BCUT2D eigenvalue weighted by atomic mass is 10.0. The molecule has 0 spiro atoms. The highest BCUT2D eigenvalue weighted by molar-refractivity contribution is 7.89. The lowest BCUT2D eigenvalue weighted by Gasteiger charge is -2.31. The van der Waals surface area contributed by atoms with Gasteiger partial charge in [0.15, 0.2) is 0 Å². The maximum atomic E-state index is 12.7. The molecule has 1 aliphatic heterocycles. The first-order chi connectivity index (χ1) is 27.2. The van der Waals surface area contributed by atoms with Gasteiger partial charge in [0.05, 0.1) is 23.1 Å². The Morgan fingerprint density at radius 2 is 1.57 bits per heavy atom. The monoisotopic (exact) mass is 781 g/mol. The number of carbonyl (C=O) groups is 1. The Bertz CT molecular complexity index is 2180. The molecule has 1 atom stereocenters. The van der Waals surface area contributed by atoms with E-state index in [4.69, 9.17) is 9.47 Å². The number of hydrogen-bond acceptors (Lipinski definition) is 9. The lowest BCUT2D eigenvalue weighted by Crippen LogP contribution is -2.42. The number of carbonyl (C=O) groups excluding carboxylic acids is 1. The number of likely N-dealkylation sites (tertiary alicyclic amines) is 1. The van der Waals surface area contributed by atoms with Crippen molar-refractivity contribution in [1.29, 1.82) is 0 Å². The first kappa shape index (κ1) is 40.6. The van der Waals surface area contributed by atoms with E-state index in [2.05, 4.69) is 25.2 Å². The highest BCUT2D eigenvalue weighted by Gasteiger charge is 2.24. The molecule has 1 aliphatic rings. The van der Waals surface area contributed by atoms with E-state index in [1.807, 2.05) is 91.0 Å². The summed E-state index contributed by atoms with van der Waals surface area (Å²) in [6, 6.07) is 34.0. The van der Waals surface area contributed by atoms with Crippen molar-refractivity contribution in [3.05, 3.63) is 131 Å². The van der Waals surface area contributed by atoms with Crippen LogP contribution < -0.4 is 25.7 Å². The molecular weight excluding hydrogens is 731 g/mol. The molecule has 2 heterocycles. The molecule has 5 aromatic rings. The van der Waals surface area contributed by atoms with Crippen LogP contribution in [0.5, 0.6) is 5.75 Å². The number of nitrogens with zero attached hydrogens (tertiary/aromatic N) is 1. The molecule has 5 N–H and O–H groups in total. The van der Waals surface area contributed by atoms with Crippen LogP contribution in [-0.2, 0) is 21.4 Å².